The molecule has 0 aliphatic rings. The zero-order valence-corrected chi connectivity index (χ0v) is 11.2. The Morgan fingerprint density at radius 1 is 1.42 bits per heavy atom. The number of carbonyl (C=O) groups is 1. The Kier molecular flexibility index (Phi) is 4.11. The predicted octanol–water partition coefficient (Wildman–Crippen LogP) is 3.26. The highest BCUT2D eigenvalue weighted by Gasteiger charge is 2.14. The maximum absolute atomic E-state index is 12.9. The van der Waals surface area contributed by atoms with Gasteiger partial charge in [0.05, 0.1) is 6.20 Å². The van der Waals surface area contributed by atoms with E-state index in [1.54, 1.807) is 0 Å². The van der Waals surface area contributed by atoms with E-state index in [-0.39, 0.29) is 18.1 Å². The van der Waals surface area contributed by atoms with Crippen molar-refractivity contribution in [2.75, 3.05) is 0 Å². The van der Waals surface area contributed by atoms with Crippen LogP contribution in [0.3, 0.4) is 0 Å². The second kappa shape index (κ2) is 5.79. The molecule has 0 aliphatic heterocycles. The van der Waals surface area contributed by atoms with E-state index in [0.717, 1.165) is 22.3 Å². The number of pyridine rings is 1. The third-order valence-electron chi connectivity index (χ3n) is 2.37. The number of benzene rings is 1. The number of carboxylic acid groups (broad SMARTS) is 1. The van der Waals surface area contributed by atoms with Crippen LogP contribution < -0.4 is 4.74 Å². The molecule has 0 amide bonds. The van der Waals surface area contributed by atoms with Crippen molar-refractivity contribution in [1.29, 1.82) is 0 Å². The van der Waals surface area contributed by atoms with Crippen molar-refractivity contribution in [3.05, 3.63) is 57.9 Å². The van der Waals surface area contributed by atoms with Crippen molar-refractivity contribution < 1.29 is 19.0 Å². The maximum atomic E-state index is 12.9. The summed E-state index contributed by atoms with van der Waals surface area (Å²) in [5.74, 6) is -2.11. The minimum atomic E-state index is -1.28. The van der Waals surface area contributed by atoms with Crippen LogP contribution in [0.1, 0.15) is 15.9 Å². The molecular formula is C13H9BrFNO3. The third-order valence-corrected chi connectivity index (χ3v) is 3.14. The predicted molar refractivity (Wildman–Crippen MR) is 69.6 cm³/mol. The van der Waals surface area contributed by atoms with Crippen molar-refractivity contribution in [2.45, 2.75) is 6.61 Å². The minimum Gasteiger partial charge on any atom is -0.477 e. The summed E-state index contributed by atoms with van der Waals surface area (Å²) in [5, 5.41) is 8.95. The van der Waals surface area contributed by atoms with Gasteiger partial charge in [-0.15, -0.1) is 0 Å². The van der Waals surface area contributed by atoms with Crippen LogP contribution in [-0.2, 0) is 6.61 Å². The highest BCUT2D eigenvalue weighted by molar-refractivity contribution is 9.10. The summed E-state index contributed by atoms with van der Waals surface area (Å²) in [5.41, 5.74) is 0.539. The van der Waals surface area contributed by atoms with Gasteiger partial charge in [0.2, 0.25) is 5.88 Å². The topological polar surface area (TPSA) is 59.4 Å². The van der Waals surface area contributed by atoms with Crippen molar-refractivity contribution in [3.8, 4) is 5.88 Å². The Hall–Kier alpha value is -1.95. The van der Waals surface area contributed by atoms with Crippen molar-refractivity contribution in [1.82, 2.24) is 4.98 Å². The van der Waals surface area contributed by atoms with Crippen LogP contribution in [0.15, 0.2) is 41.0 Å². The lowest BCUT2D eigenvalue weighted by atomic mass is 10.2. The highest BCUT2D eigenvalue weighted by atomic mass is 79.9. The Balaban J connectivity index is 2.20. The Bertz CT molecular complexity index is 619. The minimum absolute atomic E-state index is 0.107. The van der Waals surface area contributed by atoms with Gasteiger partial charge < -0.3 is 9.84 Å². The third kappa shape index (κ3) is 3.29. The summed E-state index contributed by atoms with van der Waals surface area (Å²) >= 11 is 3.35. The molecule has 0 saturated carbocycles. The number of nitrogens with zero attached hydrogens (tertiary/aromatic N) is 1. The second-order valence-corrected chi connectivity index (χ2v) is 4.55. The molecule has 0 aliphatic carbocycles. The van der Waals surface area contributed by atoms with E-state index >= 15 is 0 Å². The van der Waals surface area contributed by atoms with E-state index < -0.39 is 11.8 Å². The number of aromatic nitrogens is 1. The largest absolute Gasteiger partial charge is 0.477 e. The summed E-state index contributed by atoms with van der Waals surface area (Å²) < 4.78 is 19.1. The SMILES string of the molecule is O=C(O)c1cc(F)cnc1OCc1ccccc1Br. The van der Waals surface area contributed by atoms with E-state index in [4.69, 9.17) is 9.84 Å². The first-order valence-electron chi connectivity index (χ1n) is 5.33. The van der Waals surface area contributed by atoms with Gasteiger partial charge in [0.15, 0.2) is 0 Å². The molecule has 1 N–H and O–H groups in total. The van der Waals surface area contributed by atoms with E-state index in [1.165, 1.54) is 0 Å². The van der Waals surface area contributed by atoms with E-state index in [0.29, 0.717) is 0 Å². The lowest BCUT2D eigenvalue weighted by molar-refractivity contribution is 0.0690. The molecule has 1 aromatic carbocycles. The van der Waals surface area contributed by atoms with Crippen LogP contribution >= 0.6 is 15.9 Å². The van der Waals surface area contributed by atoms with Crippen LogP contribution in [0, 0.1) is 5.82 Å². The average molecular weight is 326 g/mol. The molecule has 98 valence electrons. The summed E-state index contributed by atoms with van der Waals surface area (Å²) in [7, 11) is 0. The Labute approximate surface area is 117 Å². The average Bonchev–Trinajstić information content (AvgIpc) is 2.38. The highest BCUT2D eigenvalue weighted by Crippen LogP contribution is 2.21. The van der Waals surface area contributed by atoms with E-state index in [1.807, 2.05) is 24.3 Å². The summed E-state index contributed by atoms with van der Waals surface area (Å²) in [6, 6.07) is 8.24. The van der Waals surface area contributed by atoms with Gasteiger partial charge in [-0.3, -0.25) is 0 Å². The molecule has 0 bridgehead atoms. The number of hydrogen-bond acceptors (Lipinski definition) is 3. The van der Waals surface area contributed by atoms with Gasteiger partial charge in [0.1, 0.15) is 18.0 Å². The number of rotatable bonds is 4. The number of ether oxygens (including phenoxy) is 1. The summed E-state index contributed by atoms with van der Waals surface area (Å²) in [6.45, 7) is 0.139. The van der Waals surface area contributed by atoms with Crippen LogP contribution in [-0.4, -0.2) is 16.1 Å². The number of aromatic carboxylic acids is 1. The molecule has 0 radical (unpaired) electrons. The Morgan fingerprint density at radius 3 is 2.84 bits per heavy atom. The molecule has 1 aromatic heterocycles. The van der Waals surface area contributed by atoms with Gasteiger partial charge in [0.25, 0.3) is 0 Å². The standard InChI is InChI=1S/C13H9BrFNO3/c14-11-4-2-1-3-8(11)7-19-12-10(13(17)18)5-9(15)6-16-12/h1-6H,7H2,(H,17,18). The molecule has 0 spiro atoms. The second-order valence-electron chi connectivity index (χ2n) is 3.69. The lowest BCUT2D eigenvalue weighted by Crippen LogP contribution is -2.06. The zero-order valence-electron chi connectivity index (χ0n) is 9.64. The molecule has 4 nitrogen and oxygen atoms in total. The zero-order chi connectivity index (χ0) is 13.8. The van der Waals surface area contributed by atoms with Crippen LogP contribution in [0.4, 0.5) is 4.39 Å². The van der Waals surface area contributed by atoms with E-state index in [2.05, 4.69) is 20.9 Å². The van der Waals surface area contributed by atoms with Gasteiger partial charge in [-0.25, -0.2) is 14.2 Å². The monoisotopic (exact) mass is 325 g/mol. The summed E-state index contributed by atoms with van der Waals surface area (Å²) in [6.07, 6.45) is 0.918. The number of halogens is 2. The normalized spacial score (nSPS) is 10.2. The molecule has 19 heavy (non-hydrogen) atoms. The maximum Gasteiger partial charge on any atom is 0.341 e. The Morgan fingerprint density at radius 2 is 2.16 bits per heavy atom. The fraction of sp³-hybridized carbons (Fsp3) is 0.0769. The van der Waals surface area contributed by atoms with Crippen molar-refractivity contribution in [3.63, 3.8) is 0 Å². The lowest BCUT2D eigenvalue weighted by Gasteiger charge is -2.09. The molecule has 2 rings (SSSR count). The quantitative estimate of drug-likeness (QED) is 0.937. The van der Waals surface area contributed by atoms with Crippen molar-refractivity contribution >= 4 is 21.9 Å². The van der Waals surface area contributed by atoms with E-state index in [9.17, 15) is 9.18 Å². The molecule has 0 unspecified atom stereocenters. The first-order chi connectivity index (χ1) is 9.08. The van der Waals surface area contributed by atoms with Gasteiger partial charge in [-0.05, 0) is 12.1 Å². The fourth-order valence-corrected chi connectivity index (χ4v) is 1.86. The van der Waals surface area contributed by atoms with Gasteiger partial charge in [0, 0.05) is 10.0 Å². The molecule has 1 heterocycles. The molecule has 0 fully saturated rings. The van der Waals surface area contributed by atoms with Gasteiger partial charge >= 0.3 is 5.97 Å². The van der Waals surface area contributed by atoms with Crippen LogP contribution in [0.25, 0.3) is 0 Å². The number of hydrogen-bond donors (Lipinski definition) is 1. The van der Waals surface area contributed by atoms with Crippen LogP contribution in [0.5, 0.6) is 5.88 Å². The fourth-order valence-electron chi connectivity index (χ4n) is 1.46. The van der Waals surface area contributed by atoms with Crippen molar-refractivity contribution in [2.24, 2.45) is 0 Å². The number of carboxylic acids is 1. The molecule has 2 aromatic rings. The molecule has 6 heteroatoms. The molecule has 0 saturated heterocycles. The smallest absolute Gasteiger partial charge is 0.341 e. The van der Waals surface area contributed by atoms with Gasteiger partial charge in [-0.1, -0.05) is 34.1 Å². The first-order valence-corrected chi connectivity index (χ1v) is 6.12. The summed E-state index contributed by atoms with van der Waals surface area (Å²) in [4.78, 5) is 14.6. The van der Waals surface area contributed by atoms with Crippen LogP contribution in [0.2, 0.25) is 0 Å². The molecular weight excluding hydrogens is 317 g/mol. The molecule has 0 atom stereocenters. The van der Waals surface area contributed by atoms with Gasteiger partial charge in [-0.2, -0.15) is 0 Å². The first kappa shape index (κ1) is 13.5.